The van der Waals surface area contributed by atoms with E-state index in [4.69, 9.17) is 18.3 Å². The molecule has 194 valence electrons. The van der Waals surface area contributed by atoms with Crippen LogP contribution in [0, 0.1) is 6.92 Å². The SMILES string of the molecule is CCOC(=O)/C=C/c1cc2c(cc1OCc1nc(C(C)C)oc1C)CN(C(=O)/C=C/c1ccco1)CC2. The number of oxazole rings is 1. The molecule has 0 radical (unpaired) electrons. The van der Waals surface area contributed by atoms with Crippen LogP contribution in [0.2, 0.25) is 0 Å². The van der Waals surface area contributed by atoms with Gasteiger partial charge in [0, 0.05) is 36.7 Å². The fourth-order valence-electron chi connectivity index (χ4n) is 4.02. The number of hydrogen-bond donors (Lipinski definition) is 0. The molecule has 1 aromatic carbocycles. The molecule has 8 heteroatoms. The van der Waals surface area contributed by atoms with E-state index in [1.165, 1.54) is 12.2 Å². The van der Waals surface area contributed by atoms with E-state index in [1.54, 1.807) is 42.4 Å². The van der Waals surface area contributed by atoms with Crippen molar-refractivity contribution in [1.82, 2.24) is 9.88 Å². The summed E-state index contributed by atoms with van der Waals surface area (Å²) in [5, 5.41) is 0. The third-order valence-corrected chi connectivity index (χ3v) is 6.04. The highest BCUT2D eigenvalue weighted by Gasteiger charge is 2.22. The predicted molar refractivity (Wildman–Crippen MR) is 139 cm³/mol. The third kappa shape index (κ3) is 6.58. The van der Waals surface area contributed by atoms with E-state index in [9.17, 15) is 9.59 Å². The number of aryl methyl sites for hydroxylation is 1. The molecule has 2 aromatic heterocycles. The van der Waals surface area contributed by atoms with Gasteiger partial charge in [0.2, 0.25) is 5.91 Å². The van der Waals surface area contributed by atoms with Crippen molar-refractivity contribution in [3.63, 3.8) is 0 Å². The van der Waals surface area contributed by atoms with Gasteiger partial charge in [-0.3, -0.25) is 4.79 Å². The third-order valence-electron chi connectivity index (χ3n) is 6.04. The van der Waals surface area contributed by atoms with Crippen LogP contribution in [0.1, 0.15) is 66.5 Å². The summed E-state index contributed by atoms with van der Waals surface area (Å²) in [5.74, 6) is 2.27. The minimum Gasteiger partial charge on any atom is -0.487 e. The van der Waals surface area contributed by atoms with Gasteiger partial charge in [0.05, 0.1) is 12.9 Å². The van der Waals surface area contributed by atoms with Crippen molar-refractivity contribution < 1.29 is 27.9 Å². The van der Waals surface area contributed by atoms with Gasteiger partial charge in [-0.1, -0.05) is 13.8 Å². The predicted octanol–water partition coefficient (Wildman–Crippen LogP) is 5.45. The summed E-state index contributed by atoms with van der Waals surface area (Å²) in [4.78, 5) is 31.1. The van der Waals surface area contributed by atoms with E-state index in [0.29, 0.717) is 49.3 Å². The molecule has 0 bridgehead atoms. The fraction of sp³-hybridized carbons (Fsp3) is 0.345. The molecular weight excluding hydrogens is 472 g/mol. The maximum atomic E-state index is 12.8. The van der Waals surface area contributed by atoms with Gasteiger partial charge in [-0.15, -0.1) is 0 Å². The van der Waals surface area contributed by atoms with E-state index in [0.717, 1.165) is 22.4 Å². The van der Waals surface area contributed by atoms with Gasteiger partial charge in [0.25, 0.3) is 0 Å². The molecule has 37 heavy (non-hydrogen) atoms. The number of fused-ring (bicyclic) bond motifs is 1. The van der Waals surface area contributed by atoms with Crippen LogP contribution in [-0.2, 0) is 33.9 Å². The van der Waals surface area contributed by atoms with Crippen molar-refractivity contribution in [2.75, 3.05) is 13.2 Å². The molecule has 0 aliphatic carbocycles. The summed E-state index contributed by atoms with van der Waals surface area (Å²) in [7, 11) is 0. The lowest BCUT2D eigenvalue weighted by molar-refractivity contribution is -0.137. The Morgan fingerprint density at radius 2 is 2.03 bits per heavy atom. The molecule has 3 aromatic rings. The van der Waals surface area contributed by atoms with Gasteiger partial charge in [-0.2, -0.15) is 0 Å². The van der Waals surface area contributed by atoms with Gasteiger partial charge < -0.3 is 23.2 Å². The van der Waals surface area contributed by atoms with Crippen LogP contribution >= 0.6 is 0 Å². The minimum absolute atomic E-state index is 0.0877. The summed E-state index contributed by atoms with van der Waals surface area (Å²) in [6.45, 7) is 9.24. The molecule has 3 heterocycles. The average Bonchev–Trinajstić information content (AvgIpc) is 3.54. The first-order valence-electron chi connectivity index (χ1n) is 12.4. The number of ether oxygens (including phenoxy) is 2. The fourth-order valence-corrected chi connectivity index (χ4v) is 4.02. The van der Waals surface area contributed by atoms with Gasteiger partial charge in [0.1, 0.15) is 29.6 Å². The number of benzene rings is 1. The Bertz CT molecular complexity index is 1300. The van der Waals surface area contributed by atoms with Gasteiger partial charge in [0.15, 0.2) is 5.89 Å². The zero-order valence-corrected chi connectivity index (χ0v) is 21.7. The number of amides is 1. The molecule has 1 amide bonds. The van der Waals surface area contributed by atoms with E-state index >= 15 is 0 Å². The van der Waals surface area contributed by atoms with Crippen LogP contribution in [0.4, 0.5) is 0 Å². The number of hydrogen-bond acceptors (Lipinski definition) is 7. The Balaban J connectivity index is 1.56. The summed E-state index contributed by atoms with van der Waals surface area (Å²) < 4.78 is 22.3. The van der Waals surface area contributed by atoms with Crippen LogP contribution in [-0.4, -0.2) is 34.9 Å². The Kier molecular flexibility index (Phi) is 8.28. The molecule has 0 N–H and O–H groups in total. The maximum Gasteiger partial charge on any atom is 0.330 e. The average molecular weight is 505 g/mol. The second-order valence-corrected chi connectivity index (χ2v) is 9.10. The Labute approximate surface area is 216 Å². The molecule has 0 atom stereocenters. The van der Waals surface area contributed by atoms with Gasteiger partial charge in [-0.05, 0) is 67.8 Å². The van der Waals surface area contributed by atoms with Crippen LogP contribution in [0.15, 0.2) is 51.5 Å². The van der Waals surface area contributed by atoms with Crippen molar-refractivity contribution in [1.29, 1.82) is 0 Å². The summed E-state index contributed by atoms with van der Waals surface area (Å²) in [6.07, 6.45) is 8.55. The largest absolute Gasteiger partial charge is 0.487 e. The summed E-state index contributed by atoms with van der Waals surface area (Å²) in [6, 6.07) is 7.52. The molecular formula is C29H32N2O6. The summed E-state index contributed by atoms with van der Waals surface area (Å²) >= 11 is 0. The molecule has 0 saturated carbocycles. The Morgan fingerprint density at radius 3 is 2.73 bits per heavy atom. The number of aromatic nitrogens is 1. The van der Waals surface area contributed by atoms with Crippen molar-refractivity contribution in [3.8, 4) is 5.75 Å². The van der Waals surface area contributed by atoms with Gasteiger partial charge >= 0.3 is 5.97 Å². The van der Waals surface area contributed by atoms with Crippen LogP contribution in [0.25, 0.3) is 12.2 Å². The number of nitrogens with zero attached hydrogens (tertiary/aromatic N) is 2. The standard InChI is InChI=1S/C29H32N2O6/c1-5-34-28(33)11-8-22-15-21-12-13-31(27(32)10-9-24-7-6-14-35-24)17-23(21)16-26(22)36-18-25-20(4)37-29(30-25)19(2)3/h6-11,14-16,19H,5,12-13,17-18H2,1-4H3/b10-9+,11-8+. The zero-order valence-electron chi connectivity index (χ0n) is 21.7. The molecule has 8 nitrogen and oxygen atoms in total. The number of carbonyl (C=O) groups excluding carboxylic acids is 2. The first kappa shape index (κ1) is 26.0. The van der Waals surface area contributed by atoms with Crippen molar-refractivity contribution in [3.05, 3.63) is 82.5 Å². The topological polar surface area (TPSA) is 95.0 Å². The number of rotatable bonds is 9. The lowest BCUT2D eigenvalue weighted by atomic mass is 9.96. The molecule has 4 rings (SSSR count). The zero-order chi connectivity index (χ0) is 26.4. The van der Waals surface area contributed by atoms with E-state index in [1.807, 2.05) is 32.9 Å². The lowest BCUT2D eigenvalue weighted by Gasteiger charge is -2.29. The second kappa shape index (κ2) is 11.8. The number of esters is 1. The Morgan fingerprint density at radius 1 is 1.19 bits per heavy atom. The first-order valence-corrected chi connectivity index (χ1v) is 12.4. The van der Waals surface area contributed by atoms with E-state index < -0.39 is 5.97 Å². The van der Waals surface area contributed by atoms with Gasteiger partial charge in [-0.25, -0.2) is 9.78 Å². The molecule has 0 spiro atoms. The highest BCUT2D eigenvalue weighted by atomic mass is 16.5. The van der Waals surface area contributed by atoms with Crippen LogP contribution in [0.5, 0.6) is 5.75 Å². The second-order valence-electron chi connectivity index (χ2n) is 9.10. The minimum atomic E-state index is -0.416. The molecule has 0 fully saturated rings. The Hall–Kier alpha value is -4.07. The van der Waals surface area contributed by atoms with Crippen LogP contribution in [0.3, 0.4) is 0 Å². The normalized spacial score (nSPS) is 13.5. The molecule has 1 aliphatic heterocycles. The summed E-state index contributed by atoms with van der Waals surface area (Å²) in [5.41, 5.74) is 3.58. The monoisotopic (exact) mass is 504 g/mol. The quantitative estimate of drug-likeness (QED) is 0.282. The molecule has 0 unspecified atom stereocenters. The molecule has 0 saturated heterocycles. The van der Waals surface area contributed by atoms with E-state index in [2.05, 4.69) is 4.98 Å². The highest BCUT2D eigenvalue weighted by Crippen LogP contribution is 2.30. The lowest BCUT2D eigenvalue weighted by Crippen LogP contribution is -2.34. The number of furan rings is 1. The first-order chi connectivity index (χ1) is 17.8. The van der Waals surface area contributed by atoms with Crippen molar-refractivity contribution in [2.45, 2.75) is 53.2 Å². The van der Waals surface area contributed by atoms with Crippen molar-refractivity contribution in [2.24, 2.45) is 0 Å². The number of carbonyl (C=O) groups is 2. The van der Waals surface area contributed by atoms with Crippen molar-refractivity contribution >= 4 is 24.0 Å². The van der Waals surface area contributed by atoms with Crippen LogP contribution < -0.4 is 4.74 Å². The maximum absolute atomic E-state index is 12.8. The smallest absolute Gasteiger partial charge is 0.330 e. The molecule has 1 aliphatic rings. The van der Waals surface area contributed by atoms with E-state index in [-0.39, 0.29) is 18.4 Å². The highest BCUT2D eigenvalue weighted by molar-refractivity contribution is 5.91.